The number of nitrogens with zero attached hydrogens (tertiary/aromatic N) is 3. The van der Waals surface area contributed by atoms with Gasteiger partial charge < -0.3 is 20.5 Å². The summed E-state index contributed by atoms with van der Waals surface area (Å²) in [4.78, 5) is 26.9. The second kappa shape index (κ2) is 6.21. The van der Waals surface area contributed by atoms with Gasteiger partial charge in [-0.05, 0) is 19.0 Å². The van der Waals surface area contributed by atoms with Crippen LogP contribution >= 0.6 is 11.8 Å². The van der Waals surface area contributed by atoms with E-state index in [1.54, 1.807) is 18.1 Å². The van der Waals surface area contributed by atoms with Gasteiger partial charge in [0, 0.05) is 37.3 Å². The van der Waals surface area contributed by atoms with Crippen LogP contribution < -0.4 is 15.5 Å². The van der Waals surface area contributed by atoms with Gasteiger partial charge in [0.25, 0.3) is 5.91 Å². The van der Waals surface area contributed by atoms with Gasteiger partial charge in [-0.1, -0.05) is 0 Å². The molecule has 0 saturated carbocycles. The van der Waals surface area contributed by atoms with Gasteiger partial charge in [0.15, 0.2) is 0 Å². The molecule has 1 atom stereocenters. The van der Waals surface area contributed by atoms with E-state index < -0.39 is 0 Å². The Morgan fingerprint density at radius 2 is 2.39 bits per heavy atom. The Labute approximate surface area is 137 Å². The van der Waals surface area contributed by atoms with Crippen molar-refractivity contribution in [3.63, 3.8) is 0 Å². The lowest BCUT2D eigenvalue weighted by atomic mass is 10.2. The Kier molecular flexibility index (Phi) is 3.92. The van der Waals surface area contributed by atoms with Gasteiger partial charge in [-0.3, -0.25) is 4.79 Å². The van der Waals surface area contributed by atoms with Crippen LogP contribution in [0.15, 0.2) is 29.7 Å². The van der Waals surface area contributed by atoms with Gasteiger partial charge in [0.05, 0.1) is 10.3 Å². The number of carbonyl (C=O) groups is 1. The van der Waals surface area contributed by atoms with Crippen LogP contribution in [0, 0.1) is 0 Å². The molecular formula is C15H18N6OS. The molecule has 0 aliphatic carbocycles. The first kappa shape index (κ1) is 14.5. The Hall–Kier alpha value is -2.06. The Morgan fingerprint density at radius 3 is 3.26 bits per heavy atom. The maximum atomic E-state index is 12.5. The molecule has 4 rings (SSSR count). The highest BCUT2D eigenvalue weighted by Gasteiger charge is 2.23. The second-order valence-corrected chi connectivity index (χ2v) is 6.77. The summed E-state index contributed by atoms with van der Waals surface area (Å²) in [7, 11) is 0. The normalized spacial score (nSPS) is 21.5. The molecule has 1 amide bonds. The zero-order chi connectivity index (χ0) is 15.6. The van der Waals surface area contributed by atoms with Crippen LogP contribution in [0.4, 0.5) is 5.82 Å². The highest BCUT2D eigenvalue weighted by Crippen LogP contribution is 2.29. The van der Waals surface area contributed by atoms with Crippen LogP contribution in [-0.4, -0.2) is 52.3 Å². The molecule has 8 heteroatoms. The Morgan fingerprint density at radius 1 is 1.43 bits per heavy atom. The van der Waals surface area contributed by atoms with E-state index in [0.29, 0.717) is 0 Å². The molecule has 23 heavy (non-hydrogen) atoms. The zero-order valence-corrected chi connectivity index (χ0v) is 13.4. The summed E-state index contributed by atoms with van der Waals surface area (Å²) in [5, 5.41) is 7.33. The molecule has 0 radical (unpaired) electrons. The molecule has 0 bridgehead atoms. The van der Waals surface area contributed by atoms with Gasteiger partial charge in [0.1, 0.15) is 17.8 Å². The largest absolute Gasteiger partial charge is 0.347 e. The third-order valence-corrected chi connectivity index (χ3v) is 5.08. The maximum absolute atomic E-state index is 12.5. The minimum Gasteiger partial charge on any atom is -0.347 e. The molecular weight excluding hydrogens is 312 g/mol. The zero-order valence-electron chi connectivity index (χ0n) is 12.6. The van der Waals surface area contributed by atoms with Crippen LogP contribution in [0.5, 0.6) is 0 Å². The number of aromatic amines is 1. The van der Waals surface area contributed by atoms with Crippen molar-refractivity contribution in [2.45, 2.75) is 12.5 Å². The summed E-state index contributed by atoms with van der Waals surface area (Å²) in [6.07, 6.45) is 6.30. The quantitative estimate of drug-likeness (QED) is 0.773. The molecule has 2 aliphatic heterocycles. The van der Waals surface area contributed by atoms with Crippen LogP contribution in [0.2, 0.25) is 0 Å². The molecule has 7 nitrogen and oxygen atoms in total. The van der Waals surface area contributed by atoms with E-state index in [1.807, 2.05) is 23.4 Å². The minimum absolute atomic E-state index is 0.00719. The number of rotatable bonds is 3. The van der Waals surface area contributed by atoms with Crippen molar-refractivity contribution in [1.82, 2.24) is 25.6 Å². The van der Waals surface area contributed by atoms with E-state index in [1.165, 1.54) is 0 Å². The highest BCUT2D eigenvalue weighted by atomic mass is 32.2. The van der Waals surface area contributed by atoms with Crippen molar-refractivity contribution < 1.29 is 4.79 Å². The summed E-state index contributed by atoms with van der Waals surface area (Å²) in [5.74, 6) is 1.70. The lowest BCUT2D eigenvalue weighted by Gasteiger charge is -2.26. The van der Waals surface area contributed by atoms with E-state index in [2.05, 4.69) is 25.6 Å². The summed E-state index contributed by atoms with van der Waals surface area (Å²) in [6, 6.07) is 2.19. The number of H-pyrrole nitrogens is 1. The maximum Gasteiger partial charge on any atom is 0.259 e. The van der Waals surface area contributed by atoms with Gasteiger partial charge in [-0.15, -0.1) is 11.8 Å². The fourth-order valence-corrected chi connectivity index (χ4v) is 3.81. The van der Waals surface area contributed by atoms with Crippen molar-refractivity contribution in [3.8, 4) is 0 Å². The molecule has 0 unspecified atom stereocenters. The fourth-order valence-electron chi connectivity index (χ4n) is 2.91. The number of carbonyl (C=O) groups excluding carboxylic acids is 1. The standard InChI is InChI=1S/C15H18N6OS/c22-15(20-10-1-3-16-7-10)12-8-21(5-6-23-12)14-11-2-4-17-13(11)18-9-19-14/h2,4,8-10,16H,1,3,5-7H2,(H,20,22)(H,17,18,19)/t10-/m0/s1. The number of aromatic nitrogens is 3. The van der Waals surface area contributed by atoms with Crippen LogP contribution in [0.25, 0.3) is 11.0 Å². The molecule has 2 aliphatic rings. The van der Waals surface area contributed by atoms with E-state index in [9.17, 15) is 4.79 Å². The smallest absolute Gasteiger partial charge is 0.259 e. The highest BCUT2D eigenvalue weighted by molar-refractivity contribution is 8.04. The van der Waals surface area contributed by atoms with E-state index in [4.69, 9.17) is 0 Å². The summed E-state index contributed by atoms with van der Waals surface area (Å²) in [5.41, 5.74) is 0.810. The SMILES string of the molecule is O=C(N[C@H]1CCNC1)C1=CN(c2ncnc3[nH]ccc23)CCS1. The van der Waals surface area contributed by atoms with Crippen LogP contribution in [0.3, 0.4) is 0 Å². The van der Waals surface area contributed by atoms with Gasteiger partial charge in [-0.2, -0.15) is 0 Å². The molecule has 2 aromatic heterocycles. The number of amides is 1. The molecule has 1 saturated heterocycles. The van der Waals surface area contributed by atoms with Crippen LogP contribution in [-0.2, 0) is 4.79 Å². The molecule has 4 heterocycles. The topological polar surface area (TPSA) is 85.9 Å². The first-order chi connectivity index (χ1) is 11.3. The molecule has 1 fully saturated rings. The number of hydrogen-bond donors (Lipinski definition) is 3. The number of fused-ring (bicyclic) bond motifs is 1. The van der Waals surface area contributed by atoms with Crippen molar-refractivity contribution in [2.24, 2.45) is 0 Å². The Bertz CT molecular complexity index is 751. The predicted octanol–water partition coefficient (Wildman–Crippen LogP) is 0.831. The lowest BCUT2D eigenvalue weighted by Crippen LogP contribution is -2.38. The Balaban J connectivity index is 1.57. The third-order valence-electron chi connectivity index (χ3n) is 4.09. The van der Waals surface area contributed by atoms with Crippen molar-refractivity contribution >= 4 is 34.5 Å². The van der Waals surface area contributed by atoms with E-state index in [-0.39, 0.29) is 11.9 Å². The summed E-state index contributed by atoms with van der Waals surface area (Å²) < 4.78 is 0. The summed E-state index contributed by atoms with van der Waals surface area (Å²) in [6.45, 7) is 2.64. The average molecular weight is 330 g/mol. The van der Waals surface area contributed by atoms with Gasteiger partial charge in [-0.25, -0.2) is 9.97 Å². The molecule has 0 spiro atoms. The van der Waals surface area contributed by atoms with Gasteiger partial charge >= 0.3 is 0 Å². The van der Waals surface area contributed by atoms with Gasteiger partial charge in [0.2, 0.25) is 0 Å². The summed E-state index contributed by atoms with van der Waals surface area (Å²) >= 11 is 1.60. The number of thioether (sulfide) groups is 1. The van der Waals surface area contributed by atoms with Crippen molar-refractivity contribution in [2.75, 3.05) is 30.3 Å². The first-order valence-electron chi connectivity index (χ1n) is 7.72. The molecule has 3 N–H and O–H groups in total. The molecule has 120 valence electrons. The fraction of sp³-hybridized carbons (Fsp3) is 0.400. The first-order valence-corrected chi connectivity index (χ1v) is 8.71. The number of anilines is 1. The monoisotopic (exact) mass is 330 g/mol. The predicted molar refractivity (Wildman–Crippen MR) is 91.2 cm³/mol. The van der Waals surface area contributed by atoms with E-state index in [0.717, 1.165) is 53.6 Å². The second-order valence-electron chi connectivity index (χ2n) is 5.64. The third kappa shape index (κ3) is 2.91. The molecule has 2 aromatic rings. The van der Waals surface area contributed by atoms with Crippen molar-refractivity contribution in [3.05, 3.63) is 29.7 Å². The van der Waals surface area contributed by atoms with Crippen molar-refractivity contribution in [1.29, 1.82) is 0 Å². The number of nitrogens with one attached hydrogen (secondary N) is 3. The minimum atomic E-state index is 0.00719. The molecule has 0 aromatic carbocycles. The lowest BCUT2D eigenvalue weighted by molar-refractivity contribution is -0.117. The van der Waals surface area contributed by atoms with E-state index >= 15 is 0 Å². The number of hydrogen-bond acceptors (Lipinski definition) is 6. The average Bonchev–Trinajstić information content (AvgIpc) is 3.25. The van der Waals surface area contributed by atoms with Crippen LogP contribution in [0.1, 0.15) is 6.42 Å².